The molecule has 232 valence electrons. The van der Waals surface area contributed by atoms with Gasteiger partial charge >= 0.3 is 0 Å². The predicted octanol–water partition coefficient (Wildman–Crippen LogP) is 4.08. The van der Waals surface area contributed by atoms with Gasteiger partial charge in [-0.05, 0) is 24.1 Å². The number of methoxy groups -OCH3 is 1. The summed E-state index contributed by atoms with van der Waals surface area (Å²) in [5, 5.41) is 34.7. The first kappa shape index (κ1) is 32.2. The second-order valence-corrected chi connectivity index (χ2v) is 11.0. The number of halogens is 2. The van der Waals surface area contributed by atoms with Crippen LogP contribution in [0.2, 0.25) is 10.0 Å². The van der Waals surface area contributed by atoms with Crippen LogP contribution in [0.5, 0.6) is 5.88 Å². The van der Waals surface area contributed by atoms with Gasteiger partial charge in [0, 0.05) is 49.4 Å². The fourth-order valence-electron chi connectivity index (χ4n) is 5.20. The summed E-state index contributed by atoms with van der Waals surface area (Å²) in [6.45, 7) is 2.43. The van der Waals surface area contributed by atoms with E-state index in [1.54, 1.807) is 24.4 Å². The van der Waals surface area contributed by atoms with Gasteiger partial charge in [0.1, 0.15) is 11.4 Å². The lowest BCUT2D eigenvalue weighted by atomic mass is 9.98. The average molecular weight is 649 g/mol. The van der Waals surface area contributed by atoms with Crippen LogP contribution in [0.15, 0.2) is 48.7 Å². The number of ether oxygens (including phenoxy) is 1. The van der Waals surface area contributed by atoms with Crippen molar-refractivity contribution in [3.05, 3.63) is 86.9 Å². The molecule has 4 aromatic rings. The molecule has 0 spiro atoms. The number of nitriles is 1. The van der Waals surface area contributed by atoms with Crippen LogP contribution in [0.1, 0.15) is 33.0 Å². The Morgan fingerprint density at radius 1 is 1.09 bits per heavy atom. The standard InChI is InChI=1S/C32H31Cl2N7O4/c1-45-32-27(16-36-9-12-42)37-17-26(40-32)23-6-2-4-21(29(23)33)22-5-3-7-24(30(22)34)39-31(44)25-14-19(15-35)20-8-10-41(11-13-43)18-28(20)38-25/h2-7,14,17,36,42-43H,8-13,16,18H2,1H3,(H,39,44). The zero-order valence-electron chi connectivity index (χ0n) is 24.5. The maximum absolute atomic E-state index is 13.4. The van der Waals surface area contributed by atoms with Crippen LogP contribution in [0.25, 0.3) is 22.4 Å². The Morgan fingerprint density at radius 3 is 2.58 bits per heavy atom. The second kappa shape index (κ2) is 14.8. The van der Waals surface area contributed by atoms with Crippen LogP contribution < -0.4 is 15.4 Å². The summed E-state index contributed by atoms with van der Waals surface area (Å²) in [5.41, 5.74) is 5.23. The summed E-state index contributed by atoms with van der Waals surface area (Å²) >= 11 is 13.8. The number of pyridine rings is 1. The number of aromatic nitrogens is 3. The Balaban J connectivity index is 1.43. The highest BCUT2D eigenvalue weighted by Crippen LogP contribution is 2.41. The van der Waals surface area contributed by atoms with E-state index in [-0.39, 0.29) is 23.9 Å². The first-order chi connectivity index (χ1) is 21.9. The molecule has 13 heteroatoms. The number of hydrogen-bond donors (Lipinski definition) is 4. The Bertz CT molecular complexity index is 1760. The van der Waals surface area contributed by atoms with E-state index in [0.29, 0.717) is 95.1 Å². The summed E-state index contributed by atoms with van der Waals surface area (Å²) in [6, 6.07) is 14.4. The van der Waals surface area contributed by atoms with Gasteiger partial charge in [-0.3, -0.25) is 14.7 Å². The van der Waals surface area contributed by atoms with Gasteiger partial charge in [-0.1, -0.05) is 53.5 Å². The number of aliphatic hydroxyl groups is 2. The Kier molecular flexibility index (Phi) is 10.6. The lowest BCUT2D eigenvalue weighted by molar-refractivity contribution is 0.102. The number of rotatable bonds is 11. The maximum Gasteiger partial charge on any atom is 0.274 e. The molecule has 0 radical (unpaired) electrons. The molecular formula is C32H31Cl2N7O4. The molecule has 1 aliphatic rings. The number of hydrogen-bond acceptors (Lipinski definition) is 10. The summed E-state index contributed by atoms with van der Waals surface area (Å²) in [7, 11) is 1.51. The third-order valence-electron chi connectivity index (χ3n) is 7.43. The van der Waals surface area contributed by atoms with Crippen LogP contribution in [-0.4, -0.2) is 75.9 Å². The van der Waals surface area contributed by atoms with Crippen LogP contribution in [0.3, 0.4) is 0 Å². The average Bonchev–Trinajstić information content (AvgIpc) is 3.05. The first-order valence-corrected chi connectivity index (χ1v) is 15.0. The molecule has 0 atom stereocenters. The number of fused-ring (bicyclic) bond motifs is 1. The van der Waals surface area contributed by atoms with Gasteiger partial charge in [-0.2, -0.15) is 5.26 Å². The SMILES string of the molecule is COc1nc(-c2cccc(-c3cccc(NC(=O)c4cc(C#N)c5c(n4)CN(CCO)CC5)c3Cl)c2Cl)cnc1CNCCO. The van der Waals surface area contributed by atoms with E-state index in [4.69, 9.17) is 33.0 Å². The maximum atomic E-state index is 13.4. The molecule has 45 heavy (non-hydrogen) atoms. The van der Waals surface area contributed by atoms with E-state index < -0.39 is 5.91 Å². The van der Waals surface area contributed by atoms with E-state index in [9.17, 15) is 15.2 Å². The van der Waals surface area contributed by atoms with Crippen molar-refractivity contribution in [3.8, 4) is 34.3 Å². The molecule has 11 nitrogen and oxygen atoms in total. The highest BCUT2D eigenvalue weighted by Gasteiger charge is 2.24. The molecule has 0 fully saturated rings. The van der Waals surface area contributed by atoms with Crippen molar-refractivity contribution in [1.82, 2.24) is 25.2 Å². The lowest BCUT2D eigenvalue weighted by Gasteiger charge is -2.28. The Labute approximate surface area is 270 Å². The zero-order chi connectivity index (χ0) is 31.9. The number of amides is 1. The van der Waals surface area contributed by atoms with Crippen LogP contribution in [-0.2, 0) is 19.5 Å². The number of anilines is 1. The molecule has 0 saturated carbocycles. The second-order valence-electron chi connectivity index (χ2n) is 10.2. The van der Waals surface area contributed by atoms with Crippen molar-refractivity contribution < 1.29 is 19.7 Å². The quantitative estimate of drug-likeness (QED) is 0.175. The predicted molar refractivity (Wildman–Crippen MR) is 171 cm³/mol. The monoisotopic (exact) mass is 647 g/mol. The minimum Gasteiger partial charge on any atom is -0.480 e. The largest absolute Gasteiger partial charge is 0.480 e. The molecule has 0 bridgehead atoms. The zero-order valence-corrected chi connectivity index (χ0v) is 26.0. The molecule has 0 aliphatic carbocycles. The third-order valence-corrected chi connectivity index (χ3v) is 8.24. The van der Waals surface area contributed by atoms with Crippen molar-refractivity contribution in [3.63, 3.8) is 0 Å². The highest BCUT2D eigenvalue weighted by molar-refractivity contribution is 6.39. The van der Waals surface area contributed by atoms with Gasteiger partial charge in [-0.25, -0.2) is 9.97 Å². The third kappa shape index (κ3) is 7.07. The smallest absolute Gasteiger partial charge is 0.274 e. The van der Waals surface area contributed by atoms with Crippen molar-refractivity contribution in [2.45, 2.75) is 19.5 Å². The van der Waals surface area contributed by atoms with Gasteiger partial charge in [-0.15, -0.1) is 0 Å². The number of carbonyl (C=O) groups is 1. The Morgan fingerprint density at radius 2 is 1.84 bits per heavy atom. The summed E-state index contributed by atoms with van der Waals surface area (Å²) < 4.78 is 5.45. The number of nitrogens with zero attached hydrogens (tertiary/aromatic N) is 5. The molecule has 0 unspecified atom stereocenters. The first-order valence-electron chi connectivity index (χ1n) is 14.2. The molecule has 3 heterocycles. The van der Waals surface area contributed by atoms with Gasteiger partial charge < -0.3 is 25.6 Å². The minimum absolute atomic E-state index is 0.00168. The molecule has 4 N–H and O–H groups in total. The molecule has 2 aromatic carbocycles. The van der Waals surface area contributed by atoms with Crippen LogP contribution in [0, 0.1) is 11.3 Å². The van der Waals surface area contributed by atoms with Crippen molar-refractivity contribution in [2.75, 3.05) is 45.3 Å². The topological polar surface area (TPSA) is 157 Å². The van der Waals surface area contributed by atoms with Crippen LogP contribution in [0.4, 0.5) is 5.69 Å². The van der Waals surface area contributed by atoms with Crippen molar-refractivity contribution in [1.29, 1.82) is 5.26 Å². The van der Waals surface area contributed by atoms with Crippen molar-refractivity contribution >= 4 is 34.8 Å². The number of aliphatic hydroxyl groups excluding tert-OH is 2. The lowest BCUT2D eigenvalue weighted by Crippen LogP contribution is -2.34. The number of carbonyl (C=O) groups excluding carboxylic acids is 1. The number of nitrogens with one attached hydrogen (secondary N) is 2. The molecule has 1 aliphatic heterocycles. The van der Waals surface area contributed by atoms with E-state index >= 15 is 0 Å². The minimum atomic E-state index is -0.511. The van der Waals surface area contributed by atoms with Gasteiger partial charge in [0.2, 0.25) is 5.88 Å². The normalized spacial score (nSPS) is 12.8. The molecule has 0 saturated heterocycles. The summed E-state index contributed by atoms with van der Waals surface area (Å²) in [4.78, 5) is 29.1. The fourth-order valence-corrected chi connectivity index (χ4v) is 5.80. The van der Waals surface area contributed by atoms with Gasteiger partial charge in [0.25, 0.3) is 5.91 Å². The molecule has 1 amide bonds. The highest BCUT2D eigenvalue weighted by atomic mass is 35.5. The number of β-amino-alcohol motifs (C(OH)–C–C–N with tert-alkyl or cyclic N) is 1. The van der Waals surface area contributed by atoms with Crippen LogP contribution >= 0.6 is 23.2 Å². The van der Waals surface area contributed by atoms with E-state index in [0.717, 1.165) is 5.56 Å². The Hall–Kier alpha value is -4.15. The van der Waals surface area contributed by atoms with Gasteiger partial charge in [0.05, 0.1) is 65.3 Å². The fraction of sp³-hybridized carbons (Fsp3) is 0.281. The molecular weight excluding hydrogens is 617 g/mol. The molecule has 2 aromatic heterocycles. The van der Waals surface area contributed by atoms with E-state index in [1.807, 2.05) is 23.1 Å². The van der Waals surface area contributed by atoms with E-state index in [1.165, 1.54) is 13.2 Å². The molecule has 5 rings (SSSR count). The van der Waals surface area contributed by atoms with Crippen molar-refractivity contribution in [2.24, 2.45) is 0 Å². The van der Waals surface area contributed by atoms with E-state index in [2.05, 4.69) is 31.7 Å². The summed E-state index contributed by atoms with van der Waals surface area (Å²) in [6.07, 6.45) is 2.22. The number of benzene rings is 2. The summed E-state index contributed by atoms with van der Waals surface area (Å²) in [5.74, 6) is -0.179. The van der Waals surface area contributed by atoms with Gasteiger partial charge in [0.15, 0.2) is 0 Å².